The van der Waals surface area contributed by atoms with Crippen LogP contribution < -0.4 is 10.6 Å². The number of aromatic amines is 2. The predicted octanol–water partition coefficient (Wildman–Crippen LogP) is 4.45. The molecule has 6 rings (SSSR count). The number of hydrogen-bond donors (Lipinski definition) is 3. The van der Waals surface area contributed by atoms with E-state index in [-0.39, 0.29) is 0 Å². The molecule has 1 aliphatic heterocycles. The fourth-order valence-electron chi connectivity index (χ4n) is 5.30. The fraction of sp³-hybridized carbons (Fsp3) is 0.375. The van der Waals surface area contributed by atoms with Gasteiger partial charge in [-0.25, -0.2) is 9.97 Å². The minimum atomic E-state index is 0.548. The van der Waals surface area contributed by atoms with E-state index in [1.807, 2.05) is 0 Å². The quantitative estimate of drug-likeness (QED) is 0.196. The third-order valence-electron chi connectivity index (χ3n) is 7.70. The van der Waals surface area contributed by atoms with Gasteiger partial charge in [0, 0.05) is 56.1 Å². The topological polar surface area (TPSA) is 108 Å². The molecule has 0 saturated carbocycles. The first-order valence-corrected chi connectivity index (χ1v) is 14.5. The highest BCUT2D eigenvalue weighted by molar-refractivity contribution is 5.87. The minimum Gasteiger partial charge on any atom is -0.379 e. The number of nitrogens with zero attached hydrogens (tertiary/aromatic N) is 4. The average Bonchev–Trinajstić information content (AvgIpc) is 3.63. The lowest BCUT2D eigenvalue weighted by molar-refractivity contribution is 0.0499. The molecule has 214 valence electrons. The second-order valence-corrected chi connectivity index (χ2v) is 10.7. The van der Waals surface area contributed by atoms with Crippen molar-refractivity contribution in [1.29, 1.82) is 0 Å². The van der Waals surface area contributed by atoms with E-state index >= 15 is 0 Å². The SMILES string of the molecule is CN1CCN(c2ccc3nc(-c4ccc5nc(-c6ccc(CCCOCCOCCN)cc6)[nH]c5c4)[nH]c3c2)CC1. The summed E-state index contributed by atoms with van der Waals surface area (Å²) in [6.07, 6.45) is 1.95. The van der Waals surface area contributed by atoms with Gasteiger partial charge in [-0.2, -0.15) is 0 Å². The lowest BCUT2D eigenvalue weighted by Gasteiger charge is -2.34. The zero-order chi connectivity index (χ0) is 28.0. The number of nitrogens with one attached hydrogen (secondary N) is 2. The number of aryl methyl sites for hydroxylation is 1. The first-order chi connectivity index (χ1) is 20.2. The smallest absolute Gasteiger partial charge is 0.138 e. The molecule has 0 radical (unpaired) electrons. The van der Waals surface area contributed by atoms with E-state index < -0.39 is 0 Å². The summed E-state index contributed by atoms with van der Waals surface area (Å²) in [4.78, 5) is 21.6. The Labute approximate surface area is 240 Å². The van der Waals surface area contributed by atoms with E-state index in [1.165, 1.54) is 11.3 Å². The molecular formula is C32H39N7O2. The molecule has 9 nitrogen and oxygen atoms in total. The highest BCUT2D eigenvalue weighted by atomic mass is 16.5. The molecular weight excluding hydrogens is 514 g/mol. The number of piperazine rings is 1. The van der Waals surface area contributed by atoms with Gasteiger partial charge in [-0.3, -0.25) is 0 Å². The molecule has 0 atom stereocenters. The standard InChI is InChI=1S/C32H39N7O2/c1-38-13-15-39(16-14-38)26-9-11-28-30(22-26)37-32(35-28)25-8-10-27-29(21-25)36-31(34-27)24-6-4-23(5-7-24)3-2-17-40-19-20-41-18-12-33/h4-11,21-22H,2-3,12-20,33H2,1H3,(H,34,36)(H,35,37). The molecule has 5 aromatic rings. The van der Waals surface area contributed by atoms with Gasteiger partial charge in [0.05, 0.1) is 41.9 Å². The number of H-pyrrole nitrogens is 2. The number of ether oxygens (including phenoxy) is 2. The number of benzene rings is 3. The van der Waals surface area contributed by atoms with Crippen molar-refractivity contribution in [2.45, 2.75) is 12.8 Å². The number of likely N-dealkylation sites (N-methyl/N-ethyl adjacent to an activating group) is 1. The Kier molecular flexibility index (Phi) is 8.57. The van der Waals surface area contributed by atoms with Gasteiger partial charge in [0.25, 0.3) is 0 Å². The highest BCUT2D eigenvalue weighted by Gasteiger charge is 2.16. The predicted molar refractivity (Wildman–Crippen MR) is 165 cm³/mol. The van der Waals surface area contributed by atoms with Crippen LogP contribution in [-0.2, 0) is 15.9 Å². The van der Waals surface area contributed by atoms with Crippen LogP contribution in [0.5, 0.6) is 0 Å². The molecule has 0 bridgehead atoms. The summed E-state index contributed by atoms with van der Waals surface area (Å²) in [5.74, 6) is 1.73. The van der Waals surface area contributed by atoms with E-state index in [0.717, 1.165) is 90.5 Å². The highest BCUT2D eigenvalue weighted by Crippen LogP contribution is 2.28. The molecule has 0 amide bonds. The second kappa shape index (κ2) is 12.8. The van der Waals surface area contributed by atoms with Gasteiger partial charge in [-0.05, 0) is 61.9 Å². The average molecular weight is 554 g/mol. The summed E-state index contributed by atoms with van der Waals surface area (Å²) >= 11 is 0. The Hall–Kier alpha value is -3.76. The molecule has 1 aliphatic rings. The van der Waals surface area contributed by atoms with Crippen LogP contribution in [0.4, 0.5) is 5.69 Å². The van der Waals surface area contributed by atoms with E-state index in [2.05, 4.69) is 87.5 Å². The van der Waals surface area contributed by atoms with Crippen LogP contribution in [-0.4, -0.2) is 91.0 Å². The Morgan fingerprint density at radius 1 is 0.732 bits per heavy atom. The summed E-state index contributed by atoms with van der Waals surface area (Å²) in [6.45, 7) is 7.34. The molecule has 3 heterocycles. The summed E-state index contributed by atoms with van der Waals surface area (Å²) in [5.41, 5.74) is 14.0. The number of nitrogens with two attached hydrogens (primary N) is 1. The van der Waals surface area contributed by atoms with Gasteiger partial charge in [-0.15, -0.1) is 0 Å². The third kappa shape index (κ3) is 6.60. The second-order valence-electron chi connectivity index (χ2n) is 10.7. The largest absolute Gasteiger partial charge is 0.379 e. The molecule has 9 heteroatoms. The van der Waals surface area contributed by atoms with Crippen LogP contribution in [0.2, 0.25) is 0 Å². The normalized spacial score (nSPS) is 14.4. The summed E-state index contributed by atoms with van der Waals surface area (Å²) in [5, 5.41) is 0. The number of aromatic nitrogens is 4. The molecule has 0 spiro atoms. The fourth-order valence-corrected chi connectivity index (χ4v) is 5.30. The van der Waals surface area contributed by atoms with Crippen molar-refractivity contribution in [3.8, 4) is 22.8 Å². The van der Waals surface area contributed by atoms with Crippen molar-refractivity contribution in [3.05, 3.63) is 66.2 Å². The van der Waals surface area contributed by atoms with Crippen LogP contribution in [0.25, 0.3) is 44.8 Å². The molecule has 4 N–H and O–H groups in total. The lowest BCUT2D eigenvalue weighted by atomic mass is 10.1. The van der Waals surface area contributed by atoms with Crippen LogP contribution in [0.15, 0.2) is 60.7 Å². The van der Waals surface area contributed by atoms with Crippen molar-refractivity contribution in [3.63, 3.8) is 0 Å². The molecule has 2 aromatic heterocycles. The molecule has 1 saturated heterocycles. The van der Waals surface area contributed by atoms with Gasteiger partial charge in [0.1, 0.15) is 11.6 Å². The monoisotopic (exact) mass is 553 g/mol. The van der Waals surface area contributed by atoms with E-state index in [1.54, 1.807) is 0 Å². The van der Waals surface area contributed by atoms with Crippen molar-refractivity contribution >= 4 is 27.8 Å². The van der Waals surface area contributed by atoms with Crippen molar-refractivity contribution < 1.29 is 9.47 Å². The van der Waals surface area contributed by atoms with Crippen LogP contribution in [0.1, 0.15) is 12.0 Å². The molecule has 3 aromatic carbocycles. The number of rotatable bonds is 12. The summed E-state index contributed by atoms with van der Waals surface area (Å²) in [6, 6.07) is 21.4. The zero-order valence-electron chi connectivity index (χ0n) is 23.7. The Morgan fingerprint density at radius 2 is 1.37 bits per heavy atom. The zero-order valence-corrected chi connectivity index (χ0v) is 23.7. The maximum atomic E-state index is 5.63. The maximum Gasteiger partial charge on any atom is 0.138 e. The van der Waals surface area contributed by atoms with Crippen LogP contribution >= 0.6 is 0 Å². The van der Waals surface area contributed by atoms with Gasteiger partial charge in [-0.1, -0.05) is 24.3 Å². The lowest BCUT2D eigenvalue weighted by Crippen LogP contribution is -2.44. The number of imidazole rings is 2. The minimum absolute atomic E-state index is 0.548. The Morgan fingerprint density at radius 3 is 2.10 bits per heavy atom. The van der Waals surface area contributed by atoms with Gasteiger partial charge < -0.3 is 35.0 Å². The van der Waals surface area contributed by atoms with Gasteiger partial charge in [0.2, 0.25) is 0 Å². The van der Waals surface area contributed by atoms with Crippen LogP contribution in [0.3, 0.4) is 0 Å². The van der Waals surface area contributed by atoms with Crippen LogP contribution in [0, 0.1) is 0 Å². The van der Waals surface area contributed by atoms with E-state index in [0.29, 0.717) is 26.4 Å². The molecule has 0 unspecified atom stereocenters. The van der Waals surface area contributed by atoms with Crippen molar-refractivity contribution in [2.24, 2.45) is 5.73 Å². The Balaban J connectivity index is 1.10. The maximum absolute atomic E-state index is 5.63. The molecule has 0 aliphatic carbocycles. The number of fused-ring (bicyclic) bond motifs is 2. The molecule has 41 heavy (non-hydrogen) atoms. The van der Waals surface area contributed by atoms with Crippen molar-refractivity contribution in [2.75, 3.05) is 71.1 Å². The number of anilines is 1. The third-order valence-corrected chi connectivity index (χ3v) is 7.70. The van der Waals surface area contributed by atoms with E-state index in [9.17, 15) is 0 Å². The van der Waals surface area contributed by atoms with Gasteiger partial charge in [0.15, 0.2) is 0 Å². The number of hydrogen-bond acceptors (Lipinski definition) is 7. The summed E-state index contributed by atoms with van der Waals surface area (Å²) < 4.78 is 11.0. The van der Waals surface area contributed by atoms with E-state index in [4.69, 9.17) is 25.2 Å². The first-order valence-electron chi connectivity index (χ1n) is 14.5. The molecule has 1 fully saturated rings. The van der Waals surface area contributed by atoms with Crippen molar-refractivity contribution in [1.82, 2.24) is 24.8 Å². The first kappa shape index (κ1) is 27.4. The Bertz CT molecular complexity index is 1570. The summed E-state index contributed by atoms with van der Waals surface area (Å²) in [7, 11) is 2.18. The van der Waals surface area contributed by atoms with Gasteiger partial charge >= 0.3 is 0 Å².